The van der Waals surface area contributed by atoms with Gasteiger partial charge in [-0.1, -0.05) is 48.5 Å². The number of likely N-dealkylation sites (tertiary alicyclic amines) is 2. The van der Waals surface area contributed by atoms with E-state index in [1.54, 1.807) is 0 Å². The highest BCUT2D eigenvalue weighted by Gasteiger charge is 2.12. The number of nitrogens with zero attached hydrogens (tertiary/aromatic N) is 2. The van der Waals surface area contributed by atoms with E-state index in [4.69, 9.17) is 0 Å². The lowest BCUT2D eigenvalue weighted by Crippen LogP contribution is -2.18. The Morgan fingerprint density at radius 2 is 0.800 bits per heavy atom. The fourth-order valence-electron chi connectivity index (χ4n) is 4.16. The number of hydrogen-bond acceptors (Lipinski definition) is 2. The second-order valence-corrected chi connectivity index (χ2v) is 7.78. The van der Waals surface area contributed by atoms with Gasteiger partial charge in [-0.05, 0) is 80.5 Å². The van der Waals surface area contributed by atoms with Crippen LogP contribution in [0.25, 0.3) is 0 Å². The van der Waals surface area contributed by atoms with E-state index in [1.165, 1.54) is 74.1 Å². The zero-order chi connectivity index (χ0) is 16.9. The maximum absolute atomic E-state index is 2.56. The maximum atomic E-state index is 2.56. The van der Waals surface area contributed by atoms with Gasteiger partial charge in [0.1, 0.15) is 0 Å². The zero-order valence-corrected chi connectivity index (χ0v) is 15.3. The molecule has 132 valence electrons. The molecule has 2 aliphatic heterocycles. The summed E-state index contributed by atoms with van der Waals surface area (Å²) < 4.78 is 0. The van der Waals surface area contributed by atoms with E-state index in [0.29, 0.717) is 0 Å². The van der Waals surface area contributed by atoms with Crippen LogP contribution in [0.1, 0.15) is 47.9 Å². The molecule has 0 amide bonds. The first-order valence-electron chi connectivity index (χ1n) is 9.95. The first-order valence-corrected chi connectivity index (χ1v) is 9.95. The predicted molar refractivity (Wildman–Crippen MR) is 105 cm³/mol. The molecular weight excluding hydrogens is 304 g/mol. The van der Waals surface area contributed by atoms with Gasteiger partial charge >= 0.3 is 0 Å². The minimum atomic E-state index is 1.04. The molecule has 2 heteroatoms. The molecule has 0 aromatic heterocycles. The van der Waals surface area contributed by atoms with E-state index in [2.05, 4.69) is 58.3 Å². The third-order valence-corrected chi connectivity index (χ3v) is 5.66. The standard InChI is InChI=1S/C23H30N2/c1-2-14-24(13-1)18-22-9-5-20(6-10-22)17-21-7-11-23(12-8-21)19-25-15-3-4-16-25/h5-12H,1-4,13-19H2. The molecule has 2 fully saturated rings. The summed E-state index contributed by atoms with van der Waals surface area (Å²) >= 11 is 0. The minimum Gasteiger partial charge on any atom is -0.299 e. The van der Waals surface area contributed by atoms with Crippen molar-refractivity contribution in [1.29, 1.82) is 0 Å². The van der Waals surface area contributed by atoms with Gasteiger partial charge in [-0.2, -0.15) is 0 Å². The molecule has 0 radical (unpaired) electrons. The van der Waals surface area contributed by atoms with Crippen molar-refractivity contribution in [3.63, 3.8) is 0 Å². The van der Waals surface area contributed by atoms with E-state index in [-0.39, 0.29) is 0 Å². The first kappa shape index (κ1) is 16.8. The molecule has 2 saturated heterocycles. The van der Waals surface area contributed by atoms with Gasteiger partial charge in [-0.3, -0.25) is 9.80 Å². The summed E-state index contributed by atoms with van der Waals surface area (Å²) in [6, 6.07) is 18.5. The molecule has 25 heavy (non-hydrogen) atoms. The number of rotatable bonds is 6. The van der Waals surface area contributed by atoms with Gasteiger partial charge < -0.3 is 0 Å². The molecule has 0 aliphatic carbocycles. The molecule has 0 atom stereocenters. The highest BCUT2D eigenvalue weighted by atomic mass is 15.1. The molecule has 2 aromatic rings. The Kier molecular flexibility index (Phi) is 5.49. The number of benzene rings is 2. The molecule has 0 bridgehead atoms. The molecule has 0 spiro atoms. The van der Waals surface area contributed by atoms with Gasteiger partial charge in [0.25, 0.3) is 0 Å². The van der Waals surface area contributed by atoms with Crippen molar-refractivity contribution in [2.24, 2.45) is 0 Å². The topological polar surface area (TPSA) is 6.48 Å². The molecule has 0 N–H and O–H groups in total. The SMILES string of the molecule is c1cc(CN2CCCC2)ccc1Cc1ccc(CN2CCCC2)cc1. The van der Waals surface area contributed by atoms with Crippen LogP contribution in [-0.2, 0) is 19.5 Å². The second kappa shape index (κ2) is 8.16. The van der Waals surface area contributed by atoms with E-state index >= 15 is 0 Å². The average molecular weight is 335 g/mol. The van der Waals surface area contributed by atoms with Crippen LogP contribution in [0, 0.1) is 0 Å². The zero-order valence-electron chi connectivity index (χ0n) is 15.3. The van der Waals surface area contributed by atoms with Crippen LogP contribution in [0.2, 0.25) is 0 Å². The molecular formula is C23H30N2. The van der Waals surface area contributed by atoms with Crippen molar-refractivity contribution in [3.8, 4) is 0 Å². The van der Waals surface area contributed by atoms with Crippen molar-refractivity contribution in [3.05, 3.63) is 70.8 Å². The highest BCUT2D eigenvalue weighted by Crippen LogP contribution is 2.17. The smallest absolute Gasteiger partial charge is 0.0233 e. The van der Waals surface area contributed by atoms with E-state index in [0.717, 1.165) is 19.5 Å². The molecule has 2 nitrogen and oxygen atoms in total. The van der Waals surface area contributed by atoms with Gasteiger partial charge in [0.15, 0.2) is 0 Å². The average Bonchev–Trinajstić information content (AvgIpc) is 3.33. The molecule has 4 rings (SSSR count). The van der Waals surface area contributed by atoms with Crippen molar-refractivity contribution >= 4 is 0 Å². The Morgan fingerprint density at radius 3 is 1.16 bits per heavy atom. The Bertz CT molecular complexity index is 588. The summed E-state index contributed by atoms with van der Waals surface area (Å²) in [4.78, 5) is 5.13. The summed E-state index contributed by atoms with van der Waals surface area (Å²) in [5.41, 5.74) is 5.73. The molecule has 2 aromatic carbocycles. The fraction of sp³-hybridized carbons (Fsp3) is 0.478. The number of hydrogen-bond donors (Lipinski definition) is 0. The fourth-order valence-corrected chi connectivity index (χ4v) is 4.16. The van der Waals surface area contributed by atoms with Crippen LogP contribution in [0.4, 0.5) is 0 Å². The van der Waals surface area contributed by atoms with Gasteiger partial charge in [-0.15, -0.1) is 0 Å². The van der Waals surface area contributed by atoms with Crippen molar-refractivity contribution in [1.82, 2.24) is 9.80 Å². The summed E-state index contributed by atoms with van der Waals surface area (Å²) in [6.07, 6.45) is 6.50. The van der Waals surface area contributed by atoms with E-state index in [1.807, 2.05) is 0 Å². The van der Waals surface area contributed by atoms with E-state index < -0.39 is 0 Å². The minimum absolute atomic E-state index is 1.04. The van der Waals surface area contributed by atoms with Gasteiger partial charge in [0.05, 0.1) is 0 Å². The normalized spacial score (nSPS) is 18.9. The highest BCUT2D eigenvalue weighted by molar-refractivity contribution is 5.30. The van der Waals surface area contributed by atoms with Crippen LogP contribution in [0.3, 0.4) is 0 Å². The van der Waals surface area contributed by atoms with Crippen LogP contribution >= 0.6 is 0 Å². The maximum Gasteiger partial charge on any atom is 0.0233 e. The summed E-state index contributed by atoms with van der Waals surface area (Å²) in [5.74, 6) is 0. The van der Waals surface area contributed by atoms with Gasteiger partial charge in [0.2, 0.25) is 0 Å². The lowest BCUT2D eigenvalue weighted by molar-refractivity contribution is 0.331. The Balaban J connectivity index is 1.31. The summed E-state index contributed by atoms with van der Waals surface area (Å²) in [6.45, 7) is 7.31. The van der Waals surface area contributed by atoms with Crippen LogP contribution in [-0.4, -0.2) is 36.0 Å². The lowest BCUT2D eigenvalue weighted by atomic mass is 10.0. The summed E-state index contributed by atoms with van der Waals surface area (Å²) in [7, 11) is 0. The van der Waals surface area contributed by atoms with Gasteiger partial charge in [0, 0.05) is 13.1 Å². The molecule has 2 aliphatic rings. The Hall–Kier alpha value is -1.64. The second-order valence-electron chi connectivity index (χ2n) is 7.78. The van der Waals surface area contributed by atoms with Crippen LogP contribution in [0.5, 0.6) is 0 Å². The summed E-state index contributed by atoms with van der Waals surface area (Å²) in [5, 5.41) is 0. The van der Waals surface area contributed by atoms with Crippen LogP contribution < -0.4 is 0 Å². The first-order chi connectivity index (χ1) is 12.3. The predicted octanol–water partition coefficient (Wildman–Crippen LogP) is 4.47. The Labute approximate surface area is 152 Å². The monoisotopic (exact) mass is 334 g/mol. The Morgan fingerprint density at radius 1 is 0.480 bits per heavy atom. The van der Waals surface area contributed by atoms with Crippen molar-refractivity contribution in [2.75, 3.05) is 26.2 Å². The molecule has 0 unspecified atom stereocenters. The van der Waals surface area contributed by atoms with E-state index in [9.17, 15) is 0 Å². The quantitative estimate of drug-likeness (QED) is 0.769. The third-order valence-electron chi connectivity index (χ3n) is 5.66. The van der Waals surface area contributed by atoms with Gasteiger partial charge in [-0.25, -0.2) is 0 Å². The largest absolute Gasteiger partial charge is 0.299 e. The van der Waals surface area contributed by atoms with Crippen LogP contribution in [0.15, 0.2) is 48.5 Å². The van der Waals surface area contributed by atoms with Crippen molar-refractivity contribution in [2.45, 2.75) is 45.2 Å². The van der Waals surface area contributed by atoms with Crippen molar-refractivity contribution < 1.29 is 0 Å². The molecule has 0 saturated carbocycles. The molecule has 2 heterocycles. The lowest BCUT2D eigenvalue weighted by Gasteiger charge is -2.15. The third kappa shape index (κ3) is 4.71.